The fraction of sp³-hybridized carbons (Fsp3) is 0.333. The highest BCUT2D eigenvalue weighted by molar-refractivity contribution is 7.91. The van der Waals surface area contributed by atoms with E-state index in [2.05, 4.69) is 20.0 Å². The van der Waals surface area contributed by atoms with E-state index in [1.165, 1.54) is 47.2 Å². The number of sulfonamides is 1. The molecule has 1 amide bonds. The lowest BCUT2D eigenvalue weighted by Crippen LogP contribution is -2.49. The van der Waals surface area contributed by atoms with Crippen molar-refractivity contribution in [3.05, 3.63) is 82.3 Å². The number of nitrogens with one attached hydrogen (secondary N) is 2. The smallest absolute Gasteiger partial charge is 0.407 e. The Morgan fingerprint density at radius 2 is 1.89 bits per heavy atom. The van der Waals surface area contributed by atoms with E-state index in [4.69, 9.17) is 0 Å². The van der Waals surface area contributed by atoms with Crippen LogP contribution in [0, 0.1) is 11.6 Å². The predicted octanol–water partition coefficient (Wildman–Crippen LogP) is 5.15. The van der Waals surface area contributed by atoms with Gasteiger partial charge in [-0.2, -0.15) is 4.98 Å². The van der Waals surface area contributed by atoms with Gasteiger partial charge in [0.15, 0.2) is 0 Å². The molecule has 0 unspecified atom stereocenters. The second-order valence-corrected chi connectivity index (χ2v) is 12.7. The van der Waals surface area contributed by atoms with Gasteiger partial charge in [0, 0.05) is 47.8 Å². The van der Waals surface area contributed by atoms with Crippen LogP contribution in [0.5, 0.6) is 0 Å². The van der Waals surface area contributed by atoms with E-state index in [-0.39, 0.29) is 59.5 Å². The minimum Gasteiger partial charge on any atom is -0.465 e. The molecule has 4 aromatic rings. The number of rotatable bonds is 9. The van der Waals surface area contributed by atoms with Gasteiger partial charge in [0.25, 0.3) is 5.56 Å². The molecule has 15 heteroatoms. The summed E-state index contributed by atoms with van der Waals surface area (Å²) in [6.45, 7) is 3.51. The number of carbonyl (C=O) groups is 1. The zero-order valence-corrected chi connectivity index (χ0v) is 25.2. The molecule has 0 spiro atoms. The Kier molecular flexibility index (Phi) is 9.00. The Morgan fingerprint density at radius 3 is 2.58 bits per heavy atom. The van der Waals surface area contributed by atoms with Crippen molar-refractivity contribution >= 4 is 38.8 Å². The molecular weight excluding hydrogens is 613 g/mol. The van der Waals surface area contributed by atoms with E-state index in [1.54, 1.807) is 0 Å². The summed E-state index contributed by atoms with van der Waals surface area (Å²) in [5.41, 5.74) is -0.338. The summed E-state index contributed by atoms with van der Waals surface area (Å²) in [4.78, 5) is 35.0. The van der Waals surface area contributed by atoms with Crippen molar-refractivity contribution in [2.24, 2.45) is 0 Å². The number of carboxylic acid groups (broad SMARTS) is 1. The summed E-state index contributed by atoms with van der Waals surface area (Å²) >= 11 is 0. The number of benzene rings is 2. The van der Waals surface area contributed by atoms with Gasteiger partial charge < -0.3 is 15.3 Å². The molecule has 3 heterocycles. The van der Waals surface area contributed by atoms with Crippen LogP contribution in [0.15, 0.2) is 59.5 Å². The van der Waals surface area contributed by atoms with Crippen LogP contribution in [0.3, 0.4) is 0 Å². The minimum absolute atomic E-state index is 0.0368. The number of anilines is 2. The summed E-state index contributed by atoms with van der Waals surface area (Å²) in [7, 11) is -4.16. The van der Waals surface area contributed by atoms with Crippen LogP contribution >= 0.6 is 0 Å². The number of likely N-dealkylation sites (tertiary alicyclic amines) is 1. The third-order valence-corrected chi connectivity index (χ3v) is 8.88. The van der Waals surface area contributed by atoms with Gasteiger partial charge in [-0.15, -0.1) is 0 Å². The summed E-state index contributed by atoms with van der Waals surface area (Å²) in [6, 6.07) is 9.56. The van der Waals surface area contributed by atoms with Crippen LogP contribution in [0.1, 0.15) is 38.3 Å². The van der Waals surface area contributed by atoms with Crippen LogP contribution < -0.4 is 15.6 Å². The second-order valence-electron chi connectivity index (χ2n) is 11.0. The maximum Gasteiger partial charge on any atom is 0.407 e. The largest absolute Gasteiger partial charge is 0.465 e. The van der Waals surface area contributed by atoms with Gasteiger partial charge in [-0.25, -0.2) is 31.4 Å². The maximum atomic E-state index is 15.2. The van der Waals surface area contributed by atoms with Crippen LogP contribution in [0.25, 0.3) is 22.2 Å². The number of alkyl halides is 1. The number of hydrogen-bond donors (Lipinski definition) is 3. The lowest BCUT2D eigenvalue weighted by Gasteiger charge is -2.33. The topological polar surface area (TPSA) is 147 Å². The summed E-state index contributed by atoms with van der Waals surface area (Å²) in [6.07, 6.45) is -0.530. The van der Waals surface area contributed by atoms with Gasteiger partial charge in [0.2, 0.25) is 16.0 Å². The van der Waals surface area contributed by atoms with Gasteiger partial charge in [0.1, 0.15) is 23.5 Å². The predicted molar refractivity (Wildman–Crippen MR) is 163 cm³/mol. The Hall–Kier alpha value is -4.66. The van der Waals surface area contributed by atoms with Gasteiger partial charge in [-0.1, -0.05) is 31.2 Å². The standard InChI is InChI=1S/C30H31F3N6O5S/c1-3-17(2)39-27-20(13-34-29(36-27)35-22-12-21(31)14-38(15-22)30(41)42)10-23(28(39)40)18-8-9-26(25(33)11-18)37-45(43,44)16-19-6-4-5-7-24(19)32/h4-11,13,17,21-22,37H,3,12,14-16H2,1-2H3,(H,41,42)(H,34,35,36)/t17-,21+,22+/m1/s1. The Labute approximate surface area is 256 Å². The number of fused-ring (bicyclic) bond motifs is 1. The molecule has 0 bridgehead atoms. The first kappa shape index (κ1) is 31.8. The number of hydrogen-bond acceptors (Lipinski definition) is 7. The molecule has 3 N–H and O–H groups in total. The second kappa shape index (κ2) is 12.8. The van der Waals surface area contributed by atoms with Crippen molar-refractivity contribution in [1.29, 1.82) is 0 Å². The Bertz CT molecular complexity index is 1920. The van der Waals surface area contributed by atoms with E-state index in [1.807, 2.05) is 13.8 Å². The van der Waals surface area contributed by atoms with E-state index in [0.717, 1.165) is 17.0 Å². The molecule has 1 saturated heterocycles. The van der Waals surface area contributed by atoms with E-state index < -0.39 is 51.3 Å². The molecule has 2 aromatic carbocycles. The van der Waals surface area contributed by atoms with Gasteiger partial charge >= 0.3 is 6.09 Å². The maximum absolute atomic E-state index is 15.2. The van der Waals surface area contributed by atoms with Crippen molar-refractivity contribution in [2.75, 3.05) is 23.1 Å². The molecule has 5 rings (SSSR count). The highest BCUT2D eigenvalue weighted by Gasteiger charge is 2.30. The third kappa shape index (κ3) is 7.03. The number of halogens is 3. The molecule has 0 radical (unpaired) electrons. The molecule has 0 aliphatic carbocycles. The highest BCUT2D eigenvalue weighted by Crippen LogP contribution is 2.28. The van der Waals surface area contributed by atoms with Crippen molar-refractivity contribution < 1.29 is 31.5 Å². The zero-order valence-electron chi connectivity index (χ0n) is 24.4. The van der Waals surface area contributed by atoms with Crippen LogP contribution in [-0.4, -0.2) is 64.4 Å². The normalized spacial score (nSPS) is 17.7. The SMILES string of the molecule is CC[C@@H](C)n1c(=O)c(-c2ccc(NS(=O)(=O)Cc3ccccc3F)c(F)c2)cc2cnc(N[C@H]3C[C@H](F)CN(C(=O)O)C3)nc21. The van der Waals surface area contributed by atoms with E-state index >= 15 is 4.39 Å². The average molecular weight is 645 g/mol. The summed E-state index contributed by atoms with van der Waals surface area (Å²) < 4.78 is 72.3. The highest BCUT2D eigenvalue weighted by atomic mass is 32.2. The average Bonchev–Trinajstić information content (AvgIpc) is 2.98. The molecule has 1 aliphatic heterocycles. The lowest BCUT2D eigenvalue weighted by molar-refractivity contribution is 0.102. The quantitative estimate of drug-likeness (QED) is 0.227. The van der Waals surface area contributed by atoms with Crippen LogP contribution in [0.2, 0.25) is 0 Å². The van der Waals surface area contributed by atoms with Crippen LogP contribution in [-0.2, 0) is 15.8 Å². The molecule has 45 heavy (non-hydrogen) atoms. The van der Waals surface area contributed by atoms with Crippen molar-refractivity contribution in [1.82, 2.24) is 19.4 Å². The van der Waals surface area contributed by atoms with Crippen molar-refractivity contribution in [3.8, 4) is 11.1 Å². The van der Waals surface area contributed by atoms with Crippen LogP contribution in [0.4, 0.5) is 29.6 Å². The molecule has 238 valence electrons. The van der Waals surface area contributed by atoms with Crippen molar-refractivity contribution in [2.45, 2.75) is 50.7 Å². The van der Waals surface area contributed by atoms with E-state index in [9.17, 15) is 31.9 Å². The Morgan fingerprint density at radius 1 is 1.13 bits per heavy atom. The number of amides is 1. The summed E-state index contributed by atoms with van der Waals surface area (Å²) in [5.74, 6) is -2.25. The lowest BCUT2D eigenvalue weighted by atomic mass is 10.0. The van der Waals surface area contributed by atoms with Gasteiger partial charge in [0.05, 0.1) is 18.0 Å². The van der Waals surface area contributed by atoms with Gasteiger partial charge in [-0.3, -0.25) is 14.1 Å². The molecule has 1 fully saturated rings. The first-order valence-corrected chi connectivity index (χ1v) is 15.8. The summed E-state index contributed by atoms with van der Waals surface area (Å²) in [5, 5.41) is 12.7. The number of nitrogens with zero attached hydrogens (tertiary/aromatic N) is 4. The fourth-order valence-corrected chi connectivity index (χ4v) is 6.47. The zero-order chi connectivity index (χ0) is 32.5. The molecule has 1 aliphatic rings. The monoisotopic (exact) mass is 644 g/mol. The number of aromatic nitrogens is 3. The first-order chi connectivity index (χ1) is 21.3. The molecular formula is C30H31F3N6O5S. The Balaban J connectivity index is 1.46. The first-order valence-electron chi connectivity index (χ1n) is 14.2. The minimum atomic E-state index is -4.16. The van der Waals surface area contributed by atoms with Gasteiger partial charge in [-0.05, 0) is 43.2 Å². The molecule has 3 atom stereocenters. The molecule has 2 aromatic heterocycles. The molecule has 0 saturated carbocycles. The number of pyridine rings is 1. The van der Waals surface area contributed by atoms with E-state index in [0.29, 0.717) is 11.8 Å². The van der Waals surface area contributed by atoms with Crippen molar-refractivity contribution in [3.63, 3.8) is 0 Å². The number of piperidine rings is 1. The fourth-order valence-electron chi connectivity index (χ4n) is 5.26. The molecule has 11 nitrogen and oxygen atoms in total. The third-order valence-electron chi connectivity index (χ3n) is 7.66.